The molecule has 0 aliphatic heterocycles. The number of esters is 1. The maximum atomic E-state index is 11.9. The summed E-state index contributed by atoms with van der Waals surface area (Å²) in [5.74, 6) is -1.60. The first-order valence-electron chi connectivity index (χ1n) is 5.25. The van der Waals surface area contributed by atoms with Crippen LogP contribution in [0.5, 0.6) is 11.5 Å². The first kappa shape index (κ1) is 12.6. The van der Waals surface area contributed by atoms with Crippen LogP contribution in [-0.2, 0) is 0 Å². The van der Waals surface area contributed by atoms with E-state index in [9.17, 15) is 9.59 Å². The number of aromatic carboxylic acids is 1. The Bertz CT molecular complexity index is 620. The van der Waals surface area contributed by atoms with E-state index in [0.717, 1.165) is 6.33 Å². The summed E-state index contributed by atoms with van der Waals surface area (Å²) in [6.45, 7) is 0. The third kappa shape index (κ3) is 2.54. The second-order valence-corrected chi connectivity index (χ2v) is 3.47. The molecule has 0 spiro atoms. The zero-order valence-electron chi connectivity index (χ0n) is 9.91. The lowest BCUT2D eigenvalue weighted by Gasteiger charge is -2.07. The summed E-state index contributed by atoms with van der Waals surface area (Å²) in [4.78, 5) is 28.7. The summed E-state index contributed by atoms with van der Waals surface area (Å²) in [6, 6.07) is 6.53. The van der Waals surface area contributed by atoms with Gasteiger partial charge in [-0.05, 0) is 12.1 Å². The molecule has 7 heteroatoms. The van der Waals surface area contributed by atoms with Crippen LogP contribution in [0.2, 0.25) is 0 Å². The molecule has 1 aromatic carbocycles. The Balaban J connectivity index is 2.26. The van der Waals surface area contributed by atoms with Crippen molar-refractivity contribution >= 4 is 11.9 Å². The van der Waals surface area contributed by atoms with Crippen molar-refractivity contribution in [3.63, 3.8) is 0 Å². The standard InChI is InChI=1S/C12H10N2O5/c1-18-7-4-2-3-5-8(7)19-12(17)10-9(11(15)16)13-6-14-10/h2-6H,1H3,(H,13,14)(H,15,16). The number of hydrogen-bond donors (Lipinski definition) is 2. The molecule has 2 N–H and O–H groups in total. The number of aromatic nitrogens is 2. The van der Waals surface area contributed by atoms with Gasteiger partial charge >= 0.3 is 11.9 Å². The molecule has 0 atom stereocenters. The number of carbonyl (C=O) groups is 2. The maximum Gasteiger partial charge on any atom is 0.362 e. The van der Waals surface area contributed by atoms with Gasteiger partial charge in [-0.25, -0.2) is 14.6 Å². The molecule has 0 fully saturated rings. The Morgan fingerprint density at radius 2 is 1.95 bits per heavy atom. The van der Waals surface area contributed by atoms with Crippen LogP contribution in [0.3, 0.4) is 0 Å². The predicted molar refractivity (Wildman–Crippen MR) is 63.5 cm³/mol. The van der Waals surface area contributed by atoms with Crippen molar-refractivity contribution in [2.24, 2.45) is 0 Å². The lowest BCUT2D eigenvalue weighted by atomic mass is 10.3. The predicted octanol–water partition coefficient (Wildman–Crippen LogP) is 1.34. The van der Waals surface area contributed by atoms with Gasteiger partial charge in [-0.2, -0.15) is 0 Å². The normalized spacial score (nSPS) is 9.95. The number of benzene rings is 1. The smallest absolute Gasteiger partial charge is 0.362 e. The second-order valence-electron chi connectivity index (χ2n) is 3.47. The second kappa shape index (κ2) is 5.21. The van der Waals surface area contributed by atoms with Gasteiger partial charge < -0.3 is 19.6 Å². The number of aromatic amines is 1. The van der Waals surface area contributed by atoms with E-state index in [1.54, 1.807) is 18.2 Å². The van der Waals surface area contributed by atoms with Crippen molar-refractivity contribution in [1.82, 2.24) is 9.97 Å². The number of hydrogen-bond acceptors (Lipinski definition) is 5. The summed E-state index contributed by atoms with van der Waals surface area (Å²) < 4.78 is 10.1. The molecule has 0 saturated carbocycles. The van der Waals surface area contributed by atoms with Gasteiger partial charge in [-0.15, -0.1) is 0 Å². The maximum absolute atomic E-state index is 11.9. The van der Waals surface area contributed by atoms with E-state index in [2.05, 4.69) is 9.97 Å². The van der Waals surface area contributed by atoms with Crippen LogP contribution in [0.4, 0.5) is 0 Å². The highest BCUT2D eigenvalue weighted by Crippen LogP contribution is 2.26. The third-order valence-corrected chi connectivity index (χ3v) is 2.32. The number of carboxylic acid groups (broad SMARTS) is 1. The van der Waals surface area contributed by atoms with Gasteiger partial charge in [0, 0.05) is 0 Å². The number of H-pyrrole nitrogens is 1. The van der Waals surface area contributed by atoms with Crippen LogP contribution >= 0.6 is 0 Å². The first-order valence-corrected chi connectivity index (χ1v) is 5.25. The van der Waals surface area contributed by atoms with Gasteiger partial charge in [-0.3, -0.25) is 0 Å². The zero-order chi connectivity index (χ0) is 13.8. The highest BCUT2D eigenvalue weighted by Gasteiger charge is 2.22. The minimum absolute atomic E-state index is 0.195. The van der Waals surface area contributed by atoms with Crippen molar-refractivity contribution in [2.75, 3.05) is 7.11 Å². The monoisotopic (exact) mass is 262 g/mol. The summed E-state index contributed by atoms with van der Waals surface area (Å²) in [5.41, 5.74) is -0.613. The van der Waals surface area contributed by atoms with E-state index in [1.807, 2.05) is 0 Å². The van der Waals surface area contributed by atoms with Crippen LogP contribution < -0.4 is 9.47 Å². The molecule has 19 heavy (non-hydrogen) atoms. The number of carboxylic acids is 1. The molecule has 1 aromatic heterocycles. The average molecular weight is 262 g/mol. The minimum Gasteiger partial charge on any atom is -0.493 e. The number of imidazole rings is 1. The molecule has 0 aliphatic rings. The average Bonchev–Trinajstić information content (AvgIpc) is 2.88. The molecule has 0 radical (unpaired) electrons. The fourth-order valence-corrected chi connectivity index (χ4v) is 1.47. The summed E-state index contributed by atoms with van der Waals surface area (Å²) in [7, 11) is 1.44. The molecule has 1 heterocycles. The molecule has 2 aromatic rings. The number of nitrogens with one attached hydrogen (secondary N) is 1. The van der Waals surface area contributed by atoms with Crippen molar-refractivity contribution < 1.29 is 24.2 Å². The molecule has 0 aliphatic carbocycles. The van der Waals surface area contributed by atoms with Crippen LogP contribution in [0.1, 0.15) is 21.0 Å². The Hall–Kier alpha value is -2.83. The van der Waals surface area contributed by atoms with Gasteiger partial charge in [0.15, 0.2) is 22.9 Å². The van der Waals surface area contributed by atoms with Gasteiger partial charge in [-0.1, -0.05) is 12.1 Å². The number of methoxy groups -OCH3 is 1. The van der Waals surface area contributed by atoms with E-state index in [0.29, 0.717) is 5.75 Å². The Morgan fingerprint density at radius 3 is 2.58 bits per heavy atom. The fourth-order valence-electron chi connectivity index (χ4n) is 1.47. The Kier molecular flexibility index (Phi) is 3.46. The van der Waals surface area contributed by atoms with Gasteiger partial charge in [0.2, 0.25) is 0 Å². The summed E-state index contributed by atoms with van der Waals surface area (Å²) in [5, 5.41) is 8.86. The zero-order valence-corrected chi connectivity index (χ0v) is 9.91. The Morgan fingerprint density at radius 1 is 1.26 bits per heavy atom. The van der Waals surface area contributed by atoms with E-state index in [-0.39, 0.29) is 17.1 Å². The van der Waals surface area contributed by atoms with E-state index >= 15 is 0 Å². The molecular formula is C12H10N2O5. The molecule has 0 amide bonds. The SMILES string of the molecule is COc1ccccc1OC(=O)c1[nH]cnc1C(=O)O. The number of para-hydroxylation sites is 2. The fraction of sp³-hybridized carbons (Fsp3) is 0.0833. The van der Waals surface area contributed by atoms with Crippen LogP contribution in [0.15, 0.2) is 30.6 Å². The highest BCUT2D eigenvalue weighted by molar-refractivity contribution is 6.00. The van der Waals surface area contributed by atoms with E-state index < -0.39 is 11.9 Å². The molecule has 0 bridgehead atoms. The first-order chi connectivity index (χ1) is 9.13. The van der Waals surface area contributed by atoms with E-state index in [1.165, 1.54) is 13.2 Å². The summed E-state index contributed by atoms with van der Waals surface area (Å²) in [6.07, 6.45) is 1.11. The van der Waals surface area contributed by atoms with Gasteiger partial charge in [0.1, 0.15) is 0 Å². The molecule has 0 saturated heterocycles. The largest absolute Gasteiger partial charge is 0.493 e. The number of ether oxygens (including phenoxy) is 2. The lowest BCUT2D eigenvalue weighted by Crippen LogP contribution is -2.14. The molecular weight excluding hydrogens is 252 g/mol. The molecule has 2 rings (SSSR count). The van der Waals surface area contributed by atoms with Crippen LogP contribution in [0.25, 0.3) is 0 Å². The molecule has 98 valence electrons. The van der Waals surface area contributed by atoms with Gasteiger partial charge in [0.25, 0.3) is 0 Å². The molecule has 0 unspecified atom stereocenters. The third-order valence-electron chi connectivity index (χ3n) is 2.32. The van der Waals surface area contributed by atoms with Crippen LogP contribution in [0, 0.1) is 0 Å². The van der Waals surface area contributed by atoms with Crippen molar-refractivity contribution in [3.05, 3.63) is 42.0 Å². The van der Waals surface area contributed by atoms with Crippen molar-refractivity contribution in [1.29, 1.82) is 0 Å². The highest BCUT2D eigenvalue weighted by atomic mass is 16.6. The topological polar surface area (TPSA) is 102 Å². The van der Waals surface area contributed by atoms with Crippen molar-refractivity contribution in [3.8, 4) is 11.5 Å². The minimum atomic E-state index is -1.31. The number of carbonyl (C=O) groups excluding carboxylic acids is 1. The van der Waals surface area contributed by atoms with E-state index in [4.69, 9.17) is 14.6 Å². The number of nitrogens with zero attached hydrogens (tertiary/aromatic N) is 1. The van der Waals surface area contributed by atoms with Crippen molar-refractivity contribution in [2.45, 2.75) is 0 Å². The lowest BCUT2D eigenvalue weighted by molar-refractivity contribution is 0.0659. The quantitative estimate of drug-likeness (QED) is 0.636. The van der Waals surface area contributed by atoms with Crippen LogP contribution in [-0.4, -0.2) is 34.1 Å². The summed E-state index contributed by atoms with van der Waals surface area (Å²) >= 11 is 0. The Labute approximate surface area is 107 Å². The molecule has 7 nitrogen and oxygen atoms in total. The number of rotatable bonds is 4. The van der Waals surface area contributed by atoms with Gasteiger partial charge in [0.05, 0.1) is 13.4 Å².